The summed E-state index contributed by atoms with van der Waals surface area (Å²) in [5.74, 6) is 0.703. The predicted octanol–water partition coefficient (Wildman–Crippen LogP) is 5.98. The van der Waals surface area contributed by atoms with E-state index in [1.165, 1.54) is 42.2 Å². The summed E-state index contributed by atoms with van der Waals surface area (Å²) in [5, 5.41) is 3.62. The minimum atomic E-state index is 0.703. The maximum absolute atomic E-state index is 2.38. The van der Waals surface area contributed by atoms with E-state index in [9.17, 15) is 0 Å². The zero-order valence-electron chi connectivity index (χ0n) is 10.9. The molecular weight excluding hydrogens is 224 g/mol. The molecule has 0 fully saturated rings. The van der Waals surface area contributed by atoms with Gasteiger partial charge >= 0.3 is 0 Å². The second-order valence-corrected chi connectivity index (χ2v) is 5.85. The average molecular weight is 246 g/mol. The van der Waals surface area contributed by atoms with Gasteiger partial charge in [-0.3, -0.25) is 0 Å². The lowest BCUT2D eigenvalue weighted by Crippen LogP contribution is -1.93. The minimum Gasteiger partial charge on any atom is -0.144 e. The molecule has 0 nitrogen and oxygen atoms in total. The summed E-state index contributed by atoms with van der Waals surface area (Å²) in [5.41, 5.74) is 1.55. The highest BCUT2D eigenvalue weighted by Gasteiger charge is 2.09. The van der Waals surface area contributed by atoms with Crippen molar-refractivity contribution < 1.29 is 0 Å². The Balaban J connectivity index is 2.03. The van der Waals surface area contributed by atoms with E-state index in [-0.39, 0.29) is 0 Å². The first kappa shape index (κ1) is 12.6. The van der Waals surface area contributed by atoms with Gasteiger partial charge in [0.2, 0.25) is 0 Å². The van der Waals surface area contributed by atoms with Crippen LogP contribution >= 0.6 is 11.3 Å². The number of fused-ring (bicyclic) bond motifs is 1. The highest BCUT2D eigenvalue weighted by atomic mass is 32.1. The van der Waals surface area contributed by atoms with Crippen molar-refractivity contribution in [1.82, 2.24) is 0 Å². The van der Waals surface area contributed by atoms with Gasteiger partial charge in [0.1, 0.15) is 0 Å². The summed E-state index contributed by atoms with van der Waals surface area (Å²) in [6.45, 7) is 4.65. The van der Waals surface area contributed by atoms with Crippen molar-refractivity contribution in [3.8, 4) is 0 Å². The topological polar surface area (TPSA) is 0 Å². The molecular formula is C16H22S. The number of benzene rings is 1. The van der Waals surface area contributed by atoms with Gasteiger partial charge in [-0.1, -0.05) is 57.7 Å². The van der Waals surface area contributed by atoms with E-state index >= 15 is 0 Å². The lowest BCUT2D eigenvalue weighted by atomic mass is 9.94. The molecule has 17 heavy (non-hydrogen) atoms. The molecule has 0 aliphatic heterocycles. The van der Waals surface area contributed by atoms with Gasteiger partial charge in [0.15, 0.2) is 0 Å². The standard InChI is InChI=1S/C16H22S/c1-3-4-5-6-8-13(2)15-10-7-9-14-11-12-17-16(14)15/h7,9-13H,3-6,8H2,1-2H3. The van der Waals surface area contributed by atoms with Gasteiger partial charge < -0.3 is 0 Å². The number of hydrogen-bond donors (Lipinski definition) is 0. The van der Waals surface area contributed by atoms with Crippen LogP contribution in [-0.4, -0.2) is 0 Å². The van der Waals surface area contributed by atoms with Crippen molar-refractivity contribution in [2.75, 3.05) is 0 Å². The lowest BCUT2D eigenvalue weighted by Gasteiger charge is -2.12. The fraction of sp³-hybridized carbons (Fsp3) is 0.500. The van der Waals surface area contributed by atoms with E-state index in [0.717, 1.165) is 0 Å². The highest BCUT2D eigenvalue weighted by molar-refractivity contribution is 7.17. The molecule has 0 spiro atoms. The molecule has 0 N–H and O–H groups in total. The molecule has 1 aromatic heterocycles. The molecule has 1 heterocycles. The molecule has 1 heteroatoms. The maximum Gasteiger partial charge on any atom is 0.0377 e. The van der Waals surface area contributed by atoms with Crippen LogP contribution in [0.1, 0.15) is 57.4 Å². The Morgan fingerprint density at radius 2 is 2.00 bits per heavy atom. The molecule has 1 aromatic carbocycles. The normalized spacial score (nSPS) is 13.1. The minimum absolute atomic E-state index is 0.703. The third kappa shape index (κ3) is 3.10. The summed E-state index contributed by atoms with van der Waals surface area (Å²) in [6, 6.07) is 8.96. The summed E-state index contributed by atoms with van der Waals surface area (Å²) in [6.07, 6.45) is 6.81. The summed E-state index contributed by atoms with van der Waals surface area (Å²) in [7, 11) is 0. The average Bonchev–Trinajstić information content (AvgIpc) is 2.82. The lowest BCUT2D eigenvalue weighted by molar-refractivity contribution is 0.582. The van der Waals surface area contributed by atoms with Crippen LogP contribution in [0.3, 0.4) is 0 Å². The Labute approximate surface area is 109 Å². The largest absolute Gasteiger partial charge is 0.144 e. The Bertz CT molecular complexity index is 455. The van der Waals surface area contributed by atoms with Gasteiger partial charge in [0.25, 0.3) is 0 Å². The van der Waals surface area contributed by atoms with E-state index in [2.05, 4.69) is 43.5 Å². The first-order valence-corrected chi connectivity index (χ1v) is 7.67. The molecule has 0 radical (unpaired) electrons. The van der Waals surface area contributed by atoms with E-state index in [1.807, 2.05) is 11.3 Å². The van der Waals surface area contributed by atoms with Gasteiger partial charge in [-0.2, -0.15) is 0 Å². The summed E-state index contributed by atoms with van der Waals surface area (Å²) in [4.78, 5) is 0. The Morgan fingerprint density at radius 1 is 1.12 bits per heavy atom. The molecule has 0 aliphatic carbocycles. The van der Waals surface area contributed by atoms with E-state index in [1.54, 1.807) is 5.56 Å². The van der Waals surface area contributed by atoms with Crippen LogP contribution in [-0.2, 0) is 0 Å². The maximum atomic E-state index is 2.38. The van der Waals surface area contributed by atoms with Crippen molar-refractivity contribution in [2.24, 2.45) is 0 Å². The molecule has 2 rings (SSSR count). The van der Waals surface area contributed by atoms with Crippen LogP contribution in [0.5, 0.6) is 0 Å². The number of thiophene rings is 1. The Kier molecular flexibility index (Phi) is 4.61. The van der Waals surface area contributed by atoms with Crippen molar-refractivity contribution >= 4 is 21.4 Å². The molecule has 1 unspecified atom stereocenters. The monoisotopic (exact) mass is 246 g/mol. The SMILES string of the molecule is CCCCCCC(C)c1cccc2ccsc12. The van der Waals surface area contributed by atoms with E-state index < -0.39 is 0 Å². The van der Waals surface area contributed by atoms with Crippen molar-refractivity contribution in [3.63, 3.8) is 0 Å². The van der Waals surface area contributed by atoms with Crippen molar-refractivity contribution in [3.05, 3.63) is 35.2 Å². The third-order valence-corrected chi connectivity index (χ3v) is 4.51. The molecule has 0 saturated heterocycles. The predicted molar refractivity (Wildman–Crippen MR) is 79.0 cm³/mol. The van der Waals surface area contributed by atoms with Crippen LogP contribution in [0.25, 0.3) is 10.1 Å². The molecule has 2 aromatic rings. The Hall–Kier alpha value is -0.820. The van der Waals surface area contributed by atoms with Gasteiger partial charge in [0.05, 0.1) is 0 Å². The molecule has 0 saturated carbocycles. The molecule has 92 valence electrons. The van der Waals surface area contributed by atoms with Crippen LogP contribution in [0.4, 0.5) is 0 Å². The molecule has 0 amide bonds. The zero-order valence-corrected chi connectivity index (χ0v) is 11.7. The summed E-state index contributed by atoms with van der Waals surface area (Å²) >= 11 is 1.89. The number of rotatable bonds is 6. The van der Waals surface area contributed by atoms with E-state index in [4.69, 9.17) is 0 Å². The Morgan fingerprint density at radius 3 is 2.82 bits per heavy atom. The summed E-state index contributed by atoms with van der Waals surface area (Å²) < 4.78 is 1.50. The second-order valence-electron chi connectivity index (χ2n) is 4.94. The van der Waals surface area contributed by atoms with Crippen LogP contribution in [0.2, 0.25) is 0 Å². The van der Waals surface area contributed by atoms with Crippen LogP contribution in [0.15, 0.2) is 29.6 Å². The molecule has 0 bridgehead atoms. The van der Waals surface area contributed by atoms with Gasteiger partial charge in [-0.05, 0) is 34.7 Å². The van der Waals surface area contributed by atoms with Crippen LogP contribution < -0.4 is 0 Å². The number of hydrogen-bond acceptors (Lipinski definition) is 1. The zero-order chi connectivity index (χ0) is 12.1. The van der Waals surface area contributed by atoms with Gasteiger partial charge in [0, 0.05) is 4.70 Å². The van der Waals surface area contributed by atoms with E-state index in [0.29, 0.717) is 5.92 Å². The molecule has 1 atom stereocenters. The van der Waals surface area contributed by atoms with Crippen molar-refractivity contribution in [2.45, 2.75) is 51.9 Å². The second kappa shape index (κ2) is 6.20. The molecule has 0 aliphatic rings. The third-order valence-electron chi connectivity index (χ3n) is 3.53. The smallest absolute Gasteiger partial charge is 0.0377 e. The first-order chi connectivity index (χ1) is 8.33. The fourth-order valence-corrected chi connectivity index (χ4v) is 3.47. The first-order valence-electron chi connectivity index (χ1n) is 6.79. The fourth-order valence-electron chi connectivity index (χ4n) is 2.44. The van der Waals surface area contributed by atoms with Gasteiger partial charge in [-0.15, -0.1) is 11.3 Å². The highest BCUT2D eigenvalue weighted by Crippen LogP contribution is 2.32. The van der Waals surface area contributed by atoms with Crippen LogP contribution in [0, 0.1) is 0 Å². The van der Waals surface area contributed by atoms with Gasteiger partial charge in [-0.25, -0.2) is 0 Å². The van der Waals surface area contributed by atoms with Crippen molar-refractivity contribution in [1.29, 1.82) is 0 Å². The number of unbranched alkanes of at least 4 members (excludes halogenated alkanes) is 3. The quantitative estimate of drug-likeness (QED) is 0.550.